The summed E-state index contributed by atoms with van der Waals surface area (Å²) >= 11 is 0. The van der Waals surface area contributed by atoms with Gasteiger partial charge in [-0.25, -0.2) is 13.2 Å². The van der Waals surface area contributed by atoms with Crippen molar-refractivity contribution >= 4 is 6.29 Å². The van der Waals surface area contributed by atoms with Crippen LogP contribution in [-0.4, -0.2) is 12.9 Å². The van der Waals surface area contributed by atoms with E-state index in [9.17, 15) is 26.7 Å². The third-order valence-corrected chi connectivity index (χ3v) is 1.89. The van der Waals surface area contributed by atoms with Crippen LogP contribution in [0.4, 0.5) is 22.0 Å². The molecule has 1 aromatic carbocycles. The van der Waals surface area contributed by atoms with Gasteiger partial charge >= 0.3 is 0 Å². The Morgan fingerprint density at radius 2 is 1.41 bits per heavy atom. The van der Waals surface area contributed by atoms with Crippen LogP contribution in [-0.2, 0) is 4.79 Å². The van der Waals surface area contributed by atoms with E-state index >= 15 is 0 Å². The molecule has 7 heteroatoms. The number of rotatable bonds is 4. The number of carbonyl (C=O) groups excluding carboxylic acids is 1. The van der Waals surface area contributed by atoms with Gasteiger partial charge in [-0.3, -0.25) is 0 Å². The molecular formula is C10H7F5O2. The van der Waals surface area contributed by atoms with Crippen molar-refractivity contribution in [1.29, 1.82) is 0 Å². The predicted molar refractivity (Wildman–Crippen MR) is 47.0 cm³/mol. The first-order valence-corrected chi connectivity index (χ1v) is 4.49. The van der Waals surface area contributed by atoms with Crippen LogP contribution >= 0.6 is 0 Å². The topological polar surface area (TPSA) is 26.3 Å². The van der Waals surface area contributed by atoms with Gasteiger partial charge in [-0.2, -0.15) is 8.78 Å². The fourth-order valence-corrected chi connectivity index (χ4v) is 0.966. The Labute approximate surface area is 93.0 Å². The third kappa shape index (κ3) is 2.54. The first kappa shape index (κ1) is 13.4. The molecule has 1 unspecified atom stereocenters. The van der Waals surface area contributed by atoms with Gasteiger partial charge in [-0.15, -0.1) is 0 Å². The van der Waals surface area contributed by atoms with Gasteiger partial charge in [0.05, 0.1) is 6.61 Å². The molecule has 17 heavy (non-hydrogen) atoms. The molecule has 0 spiro atoms. The minimum absolute atomic E-state index is 0.423. The first-order valence-electron chi connectivity index (χ1n) is 4.49. The second-order valence-corrected chi connectivity index (χ2v) is 3.32. The Bertz CT molecular complexity index is 418. The first-order chi connectivity index (χ1) is 7.90. The molecule has 0 aliphatic rings. The molecule has 1 atom stereocenters. The molecule has 0 N–H and O–H groups in total. The van der Waals surface area contributed by atoms with Gasteiger partial charge < -0.3 is 9.53 Å². The number of carbonyl (C=O) groups is 1. The Balaban J connectivity index is 3.11. The highest BCUT2D eigenvalue weighted by molar-refractivity contribution is 5.52. The van der Waals surface area contributed by atoms with Gasteiger partial charge in [0.25, 0.3) is 0 Å². The lowest BCUT2D eigenvalue weighted by molar-refractivity contribution is -0.111. The summed E-state index contributed by atoms with van der Waals surface area (Å²) in [6.45, 7) is 0.876. The zero-order chi connectivity index (χ0) is 13.2. The highest BCUT2D eigenvalue weighted by atomic mass is 19.2. The smallest absolute Gasteiger partial charge is 0.206 e. The van der Waals surface area contributed by atoms with E-state index in [2.05, 4.69) is 4.74 Å². The number of aldehydes is 1. The molecule has 94 valence electrons. The van der Waals surface area contributed by atoms with Crippen molar-refractivity contribution in [3.8, 4) is 5.75 Å². The molecule has 0 bridgehead atoms. The minimum Gasteiger partial charge on any atom is -0.487 e. The van der Waals surface area contributed by atoms with Crippen molar-refractivity contribution in [2.75, 3.05) is 6.61 Å². The summed E-state index contributed by atoms with van der Waals surface area (Å²) in [5.74, 6) is -12.6. The van der Waals surface area contributed by atoms with Gasteiger partial charge in [0, 0.05) is 5.92 Å². The highest BCUT2D eigenvalue weighted by Gasteiger charge is 2.27. The van der Waals surface area contributed by atoms with Crippen LogP contribution in [0.15, 0.2) is 0 Å². The summed E-state index contributed by atoms with van der Waals surface area (Å²) in [4.78, 5) is 10.2. The molecule has 0 aliphatic heterocycles. The monoisotopic (exact) mass is 254 g/mol. The number of benzene rings is 1. The molecule has 0 heterocycles. The zero-order valence-corrected chi connectivity index (χ0v) is 8.57. The fraction of sp³-hybridized carbons (Fsp3) is 0.300. The Kier molecular flexibility index (Phi) is 4.03. The third-order valence-electron chi connectivity index (χ3n) is 1.89. The van der Waals surface area contributed by atoms with E-state index in [-0.39, 0.29) is 0 Å². The lowest BCUT2D eigenvalue weighted by Crippen LogP contribution is -2.13. The SMILES string of the molecule is CC(C=O)COc1c(F)c(F)c(F)c(F)c1F. The van der Waals surface area contributed by atoms with E-state index in [1.54, 1.807) is 0 Å². The van der Waals surface area contributed by atoms with E-state index in [1.807, 2.05) is 0 Å². The second-order valence-electron chi connectivity index (χ2n) is 3.32. The zero-order valence-electron chi connectivity index (χ0n) is 8.57. The maximum absolute atomic E-state index is 13.0. The van der Waals surface area contributed by atoms with E-state index in [0.717, 1.165) is 0 Å². The second kappa shape index (κ2) is 5.11. The molecule has 1 aromatic rings. The molecule has 0 aliphatic carbocycles. The van der Waals surface area contributed by atoms with Crippen LogP contribution in [0.25, 0.3) is 0 Å². The van der Waals surface area contributed by atoms with Crippen LogP contribution in [0.3, 0.4) is 0 Å². The summed E-state index contributed by atoms with van der Waals surface area (Å²) in [6.07, 6.45) is 0.423. The van der Waals surface area contributed by atoms with Crippen molar-refractivity contribution in [2.24, 2.45) is 5.92 Å². The molecule has 0 aromatic heterocycles. The summed E-state index contributed by atoms with van der Waals surface area (Å²) in [5.41, 5.74) is 0. The molecule has 0 amide bonds. The molecule has 0 saturated carbocycles. The summed E-state index contributed by atoms with van der Waals surface area (Å²) < 4.78 is 68.5. The molecule has 1 rings (SSSR count). The molecule has 0 fully saturated rings. The van der Waals surface area contributed by atoms with Crippen molar-refractivity contribution in [3.05, 3.63) is 29.1 Å². The van der Waals surface area contributed by atoms with E-state index < -0.39 is 47.4 Å². The Morgan fingerprint density at radius 3 is 1.82 bits per heavy atom. The largest absolute Gasteiger partial charge is 0.487 e. The average molecular weight is 254 g/mol. The fourth-order valence-electron chi connectivity index (χ4n) is 0.966. The highest BCUT2D eigenvalue weighted by Crippen LogP contribution is 2.29. The average Bonchev–Trinajstić information content (AvgIpc) is 2.33. The standard InChI is InChI=1S/C10H7F5O2/c1-4(2-16)3-17-10-8(14)6(12)5(11)7(13)9(10)15/h2,4H,3H2,1H3. The maximum atomic E-state index is 13.0. The van der Waals surface area contributed by atoms with Gasteiger partial charge in [0.2, 0.25) is 29.1 Å². The molecular weight excluding hydrogens is 247 g/mol. The summed E-state index contributed by atoms with van der Waals surface area (Å²) in [5, 5.41) is 0. The van der Waals surface area contributed by atoms with Gasteiger partial charge in [-0.1, -0.05) is 6.92 Å². The van der Waals surface area contributed by atoms with E-state index in [0.29, 0.717) is 6.29 Å². The van der Waals surface area contributed by atoms with E-state index in [1.165, 1.54) is 6.92 Å². The van der Waals surface area contributed by atoms with Crippen LogP contribution in [0, 0.1) is 35.0 Å². The Hall–Kier alpha value is -1.66. The molecule has 0 saturated heterocycles. The Morgan fingerprint density at radius 1 is 1.00 bits per heavy atom. The summed E-state index contributed by atoms with van der Waals surface area (Å²) in [6, 6.07) is 0. The van der Waals surface area contributed by atoms with Crippen LogP contribution < -0.4 is 4.74 Å². The van der Waals surface area contributed by atoms with Crippen LogP contribution in [0.1, 0.15) is 6.92 Å². The van der Waals surface area contributed by atoms with Crippen LogP contribution in [0.5, 0.6) is 5.75 Å². The number of hydrogen-bond donors (Lipinski definition) is 0. The molecule has 0 radical (unpaired) electrons. The summed E-state index contributed by atoms with van der Waals surface area (Å²) in [7, 11) is 0. The van der Waals surface area contributed by atoms with Gasteiger partial charge in [-0.05, 0) is 0 Å². The van der Waals surface area contributed by atoms with Crippen LogP contribution in [0.2, 0.25) is 0 Å². The van der Waals surface area contributed by atoms with Crippen molar-refractivity contribution < 1.29 is 31.5 Å². The lowest BCUT2D eigenvalue weighted by Gasteiger charge is -2.11. The quantitative estimate of drug-likeness (QED) is 0.357. The van der Waals surface area contributed by atoms with Crippen molar-refractivity contribution in [3.63, 3.8) is 0 Å². The molecule has 2 nitrogen and oxygen atoms in total. The number of halogens is 5. The number of hydrogen-bond acceptors (Lipinski definition) is 2. The van der Waals surface area contributed by atoms with Gasteiger partial charge in [0.1, 0.15) is 6.29 Å². The maximum Gasteiger partial charge on any atom is 0.206 e. The van der Waals surface area contributed by atoms with Gasteiger partial charge in [0.15, 0.2) is 5.75 Å². The van der Waals surface area contributed by atoms with Crippen molar-refractivity contribution in [2.45, 2.75) is 6.92 Å². The normalized spacial score (nSPS) is 12.4. The minimum atomic E-state index is -2.25. The predicted octanol–water partition coefficient (Wildman–Crippen LogP) is 2.60. The lowest BCUT2D eigenvalue weighted by atomic mass is 10.2. The number of ether oxygens (including phenoxy) is 1. The van der Waals surface area contributed by atoms with Crippen molar-refractivity contribution in [1.82, 2.24) is 0 Å². The van der Waals surface area contributed by atoms with E-state index in [4.69, 9.17) is 0 Å².